The van der Waals surface area contributed by atoms with E-state index >= 15 is 0 Å². The van der Waals surface area contributed by atoms with Crippen molar-refractivity contribution >= 4 is 18.5 Å². The van der Waals surface area contributed by atoms with Crippen molar-refractivity contribution in [1.29, 1.82) is 0 Å². The van der Waals surface area contributed by atoms with Gasteiger partial charge < -0.3 is 14.2 Å². The molecular formula is C12H20BN3O2. The van der Waals surface area contributed by atoms with Crippen LogP contribution in [0.2, 0.25) is 0 Å². The fraction of sp³-hybridized carbons (Fsp3) is 0.667. The first kappa shape index (κ1) is 7.45. The molecule has 0 aliphatic carbocycles. The van der Waals surface area contributed by atoms with Gasteiger partial charge in [0.2, 0.25) is 0 Å². The summed E-state index contributed by atoms with van der Waals surface area (Å²) >= 11 is 0. The number of hydrogen-bond acceptors (Lipinski definition) is 5. The normalized spacial score (nSPS) is 27.4. The molecule has 0 N–H and O–H groups in total. The third-order valence-electron chi connectivity index (χ3n) is 3.38. The average Bonchev–Trinajstić information content (AvgIpc) is 2.55. The van der Waals surface area contributed by atoms with Crippen molar-refractivity contribution in [2.45, 2.75) is 38.9 Å². The molecule has 0 spiro atoms. The second-order valence-electron chi connectivity index (χ2n) is 5.22. The van der Waals surface area contributed by atoms with Crippen LogP contribution in [0.1, 0.15) is 35.9 Å². The Kier molecular flexibility index (Phi) is 1.74. The number of rotatable bonds is 2. The minimum absolute atomic E-state index is 0.268. The molecule has 0 atom stereocenters. The smallest absolute Gasteiger partial charge is 0.398 e. The lowest BCUT2D eigenvalue weighted by Gasteiger charge is -2.32. The van der Waals surface area contributed by atoms with Gasteiger partial charge in [0.1, 0.15) is 5.82 Å². The molecule has 0 aromatic carbocycles. The maximum Gasteiger partial charge on any atom is 0.516 e. The summed E-state index contributed by atoms with van der Waals surface area (Å²) in [5, 5.41) is 0. The third kappa shape index (κ3) is 2.22. The maximum atomic E-state index is 7.39. The standard InChI is InChI=1S/C12H20BN3O2/c1-11(2)12(3,4)18-13(17-11)9-7-15-10(8-14-9)16(5)6/h7-8H,1-6H3/i5D3,6D3. The zero-order valence-corrected chi connectivity index (χ0v) is 10.9. The van der Waals surface area contributed by atoms with Gasteiger partial charge in [-0.2, -0.15) is 0 Å². The first-order chi connectivity index (χ1) is 10.7. The van der Waals surface area contributed by atoms with Crippen molar-refractivity contribution < 1.29 is 17.5 Å². The lowest BCUT2D eigenvalue weighted by Crippen LogP contribution is -2.41. The topological polar surface area (TPSA) is 47.5 Å². The van der Waals surface area contributed by atoms with Crippen molar-refractivity contribution in [3.63, 3.8) is 0 Å². The van der Waals surface area contributed by atoms with Crippen molar-refractivity contribution in [3.8, 4) is 0 Å². The third-order valence-corrected chi connectivity index (χ3v) is 3.38. The van der Waals surface area contributed by atoms with Crippen LogP contribution >= 0.6 is 0 Å². The van der Waals surface area contributed by atoms with E-state index in [0.29, 0.717) is 5.59 Å². The molecule has 98 valence electrons. The van der Waals surface area contributed by atoms with Crippen molar-refractivity contribution in [2.24, 2.45) is 0 Å². The molecule has 1 aromatic heterocycles. The quantitative estimate of drug-likeness (QED) is 0.733. The Morgan fingerprint density at radius 1 is 1.11 bits per heavy atom. The molecule has 1 aliphatic rings. The van der Waals surface area contributed by atoms with Crippen LogP contribution in [0.25, 0.3) is 0 Å². The molecule has 1 fully saturated rings. The monoisotopic (exact) mass is 255 g/mol. The highest BCUT2D eigenvalue weighted by Crippen LogP contribution is 2.36. The molecule has 2 rings (SSSR count). The van der Waals surface area contributed by atoms with Gasteiger partial charge in [0.25, 0.3) is 0 Å². The van der Waals surface area contributed by atoms with Crippen LogP contribution in [0.15, 0.2) is 12.4 Å². The van der Waals surface area contributed by atoms with Gasteiger partial charge in [-0.3, -0.25) is 4.98 Å². The van der Waals surface area contributed by atoms with Crippen LogP contribution in [0.3, 0.4) is 0 Å². The van der Waals surface area contributed by atoms with Crippen LogP contribution in [0, 0.1) is 0 Å². The molecule has 0 radical (unpaired) electrons. The Balaban J connectivity index is 2.29. The highest BCUT2D eigenvalue weighted by atomic mass is 16.7. The van der Waals surface area contributed by atoms with E-state index in [0.717, 1.165) is 6.20 Å². The summed E-state index contributed by atoms with van der Waals surface area (Å²) in [5.41, 5.74) is -0.767. The van der Waals surface area contributed by atoms with Crippen LogP contribution in [0.5, 0.6) is 0 Å². The summed E-state index contributed by atoms with van der Waals surface area (Å²) in [6.45, 7) is 1.82. The van der Waals surface area contributed by atoms with Gasteiger partial charge in [-0.25, -0.2) is 4.98 Å². The maximum absolute atomic E-state index is 7.39. The average molecular weight is 255 g/mol. The van der Waals surface area contributed by atoms with Gasteiger partial charge in [0.05, 0.1) is 23.0 Å². The molecule has 18 heavy (non-hydrogen) atoms. The predicted molar refractivity (Wildman–Crippen MR) is 72.1 cm³/mol. The second kappa shape index (κ2) is 4.21. The lowest BCUT2D eigenvalue weighted by molar-refractivity contribution is 0.00578. The van der Waals surface area contributed by atoms with E-state index < -0.39 is 32.3 Å². The van der Waals surface area contributed by atoms with Gasteiger partial charge in [0, 0.05) is 28.4 Å². The number of nitrogens with zero attached hydrogens (tertiary/aromatic N) is 3. The zero-order valence-electron chi connectivity index (χ0n) is 16.9. The fourth-order valence-electron chi connectivity index (χ4n) is 1.53. The van der Waals surface area contributed by atoms with Crippen molar-refractivity contribution in [3.05, 3.63) is 12.4 Å². The highest BCUT2D eigenvalue weighted by Gasteiger charge is 2.52. The highest BCUT2D eigenvalue weighted by molar-refractivity contribution is 6.61. The van der Waals surface area contributed by atoms with Crippen LogP contribution in [-0.2, 0) is 9.31 Å². The van der Waals surface area contributed by atoms with Gasteiger partial charge in [-0.1, -0.05) is 0 Å². The first-order valence-corrected chi connectivity index (χ1v) is 5.63. The number of anilines is 1. The molecule has 0 amide bonds. The van der Waals surface area contributed by atoms with Gasteiger partial charge in [-0.05, 0) is 27.7 Å². The summed E-state index contributed by atoms with van der Waals surface area (Å²) in [5.74, 6) is -0.268. The van der Waals surface area contributed by atoms with E-state index in [4.69, 9.17) is 17.5 Å². The molecule has 1 aromatic rings. The molecule has 6 heteroatoms. The summed E-state index contributed by atoms with van der Waals surface area (Å²) in [6, 6.07) is 0. The predicted octanol–water partition coefficient (Wildman–Crippen LogP) is 0.842. The molecule has 2 heterocycles. The molecule has 0 saturated carbocycles. The van der Waals surface area contributed by atoms with E-state index in [1.165, 1.54) is 6.20 Å². The van der Waals surface area contributed by atoms with E-state index in [-0.39, 0.29) is 10.7 Å². The Labute approximate surface area is 117 Å². The van der Waals surface area contributed by atoms with Gasteiger partial charge >= 0.3 is 7.12 Å². The first-order valence-electron chi connectivity index (χ1n) is 8.63. The SMILES string of the molecule is [2H]C([2H])([2H])N(c1cnc(B2OC(C)(C)C(C)(C)O2)cn1)C([2H])([2H])[2H]. The van der Waals surface area contributed by atoms with E-state index in [1.807, 2.05) is 27.7 Å². The Hall–Kier alpha value is -1.14. The summed E-state index contributed by atoms with van der Waals surface area (Å²) in [6.07, 6.45) is 2.36. The van der Waals surface area contributed by atoms with E-state index in [2.05, 4.69) is 9.97 Å². The Morgan fingerprint density at radius 3 is 2.17 bits per heavy atom. The molecule has 1 saturated heterocycles. The zero-order chi connectivity index (χ0) is 18.6. The Morgan fingerprint density at radius 2 is 1.72 bits per heavy atom. The largest absolute Gasteiger partial charge is 0.516 e. The van der Waals surface area contributed by atoms with Crippen molar-refractivity contribution in [2.75, 3.05) is 18.9 Å². The Bertz CT molecular complexity index is 572. The minimum Gasteiger partial charge on any atom is -0.398 e. The summed E-state index contributed by atoms with van der Waals surface area (Å²) in [4.78, 5) is 8.30. The minimum atomic E-state index is -2.87. The second-order valence-corrected chi connectivity index (χ2v) is 5.22. The van der Waals surface area contributed by atoms with E-state index in [1.54, 1.807) is 0 Å². The molecule has 5 nitrogen and oxygen atoms in total. The van der Waals surface area contributed by atoms with Crippen LogP contribution in [0.4, 0.5) is 5.82 Å². The lowest BCUT2D eigenvalue weighted by atomic mass is 9.85. The molecular weight excluding hydrogens is 229 g/mol. The summed E-state index contributed by atoms with van der Waals surface area (Å²) < 4.78 is 56.0. The number of aromatic nitrogens is 2. The summed E-state index contributed by atoms with van der Waals surface area (Å²) in [7, 11) is -0.759. The molecule has 0 bridgehead atoms. The molecule has 1 aliphatic heterocycles. The van der Waals surface area contributed by atoms with E-state index in [9.17, 15) is 0 Å². The van der Waals surface area contributed by atoms with Crippen LogP contribution < -0.4 is 10.5 Å². The molecule has 0 unspecified atom stereocenters. The van der Waals surface area contributed by atoms with Gasteiger partial charge in [-0.15, -0.1) is 0 Å². The van der Waals surface area contributed by atoms with Crippen LogP contribution in [-0.4, -0.2) is 42.2 Å². The van der Waals surface area contributed by atoms with Gasteiger partial charge in [0.15, 0.2) is 0 Å². The fourth-order valence-corrected chi connectivity index (χ4v) is 1.53. The van der Waals surface area contributed by atoms with Crippen molar-refractivity contribution in [1.82, 2.24) is 9.97 Å². The number of hydrogen-bond donors (Lipinski definition) is 0.